The Morgan fingerprint density at radius 3 is 2.58 bits per heavy atom. The van der Waals surface area contributed by atoms with Crippen molar-refractivity contribution in [1.82, 2.24) is 9.97 Å². The summed E-state index contributed by atoms with van der Waals surface area (Å²) in [6.45, 7) is 2.00. The number of rotatable bonds is 6. The van der Waals surface area contributed by atoms with E-state index in [4.69, 9.17) is 21.0 Å². The molecule has 0 fully saturated rings. The third kappa shape index (κ3) is 4.53. The number of carbonyl (C=O) groups is 1. The quantitative estimate of drug-likeness (QED) is 0.261. The molecule has 7 heteroatoms. The van der Waals surface area contributed by atoms with Crippen LogP contribution < -0.4 is 4.90 Å². The Morgan fingerprint density at radius 2 is 1.79 bits per heavy atom. The van der Waals surface area contributed by atoms with E-state index < -0.39 is 0 Å². The molecule has 5 nitrogen and oxygen atoms in total. The molecule has 1 amide bonds. The summed E-state index contributed by atoms with van der Waals surface area (Å²) in [5.74, 6) is 1.10. The molecular weight excluding hydrogens is 454 g/mol. The van der Waals surface area contributed by atoms with Crippen LogP contribution in [-0.2, 0) is 11.2 Å². The Labute approximate surface area is 200 Å². The second-order valence-electron chi connectivity index (χ2n) is 7.60. The molecule has 164 valence electrons. The Balaban J connectivity index is 1.40. The van der Waals surface area contributed by atoms with Gasteiger partial charge in [0.2, 0.25) is 5.91 Å². The fourth-order valence-electron chi connectivity index (χ4n) is 3.61. The number of hydrogen-bond acceptors (Lipinski definition) is 5. The molecule has 0 aliphatic heterocycles. The maximum atomic E-state index is 13.5. The Bertz CT molecular complexity index is 1390. The molecule has 3 aromatic carbocycles. The van der Waals surface area contributed by atoms with Crippen LogP contribution >= 0.6 is 22.9 Å². The van der Waals surface area contributed by atoms with E-state index in [1.165, 1.54) is 11.3 Å². The van der Waals surface area contributed by atoms with Gasteiger partial charge in [-0.15, -0.1) is 0 Å². The van der Waals surface area contributed by atoms with Crippen LogP contribution in [-0.4, -0.2) is 15.9 Å². The maximum absolute atomic E-state index is 13.5. The van der Waals surface area contributed by atoms with Crippen molar-refractivity contribution >= 4 is 49.9 Å². The molecule has 2 aromatic heterocycles. The molecule has 2 heterocycles. The van der Waals surface area contributed by atoms with Gasteiger partial charge in [0, 0.05) is 23.4 Å². The number of oxazole rings is 1. The number of hydrogen-bond donors (Lipinski definition) is 0. The first-order valence-electron chi connectivity index (χ1n) is 10.5. The molecule has 0 unspecified atom stereocenters. The lowest BCUT2D eigenvalue weighted by molar-refractivity contribution is -0.117. The van der Waals surface area contributed by atoms with Crippen LogP contribution in [0.4, 0.5) is 10.8 Å². The molecule has 0 saturated carbocycles. The van der Waals surface area contributed by atoms with E-state index in [1.54, 1.807) is 23.2 Å². The third-order valence-electron chi connectivity index (χ3n) is 5.31. The summed E-state index contributed by atoms with van der Waals surface area (Å²) in [7, 11) is 0. The molecule has 5 rings (SSSR count). The zero-order chi connectivity index (χ0) is 22.8. The van der Waals surface area contributed by atoms with Gasteiger partial charge in [0.05, 0.1) is 22.1 Å². The highest BCUT2D eigenvalue weighted by Gasteiger charge is 2.23. The van der Waals surface area contributed by atoms with Crippen LogP contribution in [0.2, 0.25) is 5.02 Å². The topological polar surface area (TPSA) is 59.2 Å². The van der Waals surface area contributed by atoms with Crippen molar-refractivity contribution in [3.05, 3.63) is 95.5 Å². The largest absolute Gasteiger partial charge is 0.441 e. The zero-order valence-electron chi connectivity index (χ0n) is 17.9. The number of aryl methyl sites for hydroxylation is 2. The molecule has 0 saturated heterocycles. The Kier molecular flexibility index (Phi) is 5.94. The number of thiazole rings is 1. The SMILES string of the molecule is Cc1ccccc1N(C(=O)CCc1ncc(-c2ccc(Cl)cc2)o1)c1nc2ccccc2s1. The van der Waals surface area contributed by atoms with Gasteiger partial charge in [-0.05, 0) is 55.0 Å². The van der Waals surface area contributed by atoms with Crippen LogP contribution in [0.25, 0.3) is 21.5 Å². The van der Waals surface area contributed by atoms with Crippen LogP contribution in [0.3, 0.4) is 0 Å². The van der Waals surface area contributed by atoms with Crippen molar-refractivity contribution in [3.63, 3.8) is 0 Å². The van der Waals surface area contributed by atoms with Crippen LogP contribution in [0, 0.1) is 6.92 Å². The molecule has 0 aliphatic carbocycles. The fourth-order valence-corrected chi connectivity index (χ4v) is 4.74. The van der Waals surface area contributed by atoms with Crippen molar-refractivity contribution in [1.29, 1.82) is 0 Å². The lowest BCUT2D eigenvalue weighted by Gasteiger charge is -2.21. The number of nitrogens with zero attached hydrogens (tertiary/aromatic N) is 3. The summed E-state index contributed by atoms with van der Waals surface area (Å²) in [4.78, 5) is 24.3. The Morgan fingerprint density at radius 1 is 1.03 bits per heavy atom. The highest BCUT2D eigenvalue weighted by molar-refractivity contribution is 7.22. The monoisotopic (exact) mass is 473 g/mol. The number of amides is 1. The molecule has 0 spiro atoms. The molecule has 0 bridgehead atoms. The van der Waals surface area contributed by atoms with Crippen molar-refractivity contribution in [2.45, 2.75) is 19.8 Å². The van der Waals surface area contributed by atoms with Gasteiger partial charge in [-0.1, -0.05) is 53.3 Å². The lowest BCUT2D eigenvalue weighted by Crippen LogP contribution is -2.26. The second kappa shape index (κ2) is 9.17. The van der Waals surface area contributed by atoms with Crippen molar-refractivity contribution in [2.24, 2.45) is 0 Å². The van der Waals surface area contributed by atoms with Gasteiger partial charge in [0.1, 0.15) is 0 Å². The predicted molar refractivity (Wildman–Crippen MR) is 133 cm³/mol. The van der Waals surface area contributed by atoms with Gasteiger partial charge in [0.15, 0.2) is 16.8 Å². The number of fused-ring (bicyclic) bond motifs is 1. The number of carbonyl (C=O) groups excluding carboxylic acids is 1. The number of benzene rings is 3. The lowest BCUT2D eigenvalue weighted by atomic mass is 10.1. The highest BCUT2D eigenvalue weighted by atomic mass is 35.5. The van der Waals surface area contributed by atoms with Gasteiger partial charge in [-0.3, -0.25) is 9.69 Å². The number of halogens is 1. The smallest absolute Gasteiger partial charge is 0.233 e. The first-order chi connectivity index (χ1) is 16.1. The molecule has 0 atom stereocenters. The molecule has 5 aromatic rings. The molecular formula is C26H20ClN3O2S. The van der Waals surface area contributed by atoms with E-state index in [9.17, 15) is 4.79 Å². The first-order valence-corrected chi connectivity index (χ1v) is 11.7. The number of anilines is 2. The maximum Gasteiger partial charge on any atom is 0.233 e. The van der Waals surface area contributed by atoms with E-state index >= 15 is 0 Å². The Hall–Kier alpha value is -3.48. The summed E-state index contributed by atoms with van der Waals surface area (Å²) in [5.41, 5.74) is 3.60. The number of aromatic nitrogens is 2. The highest BCUT2D eigenvalue weighted by Crippen LogP contribution is 2.35. The summed E-state index contributed by atoms with van der Waals surface area (Å²) in [6, 6.07) is 23.1. The zero-order valence-corrected chi connectivity index (χ0v) is 19.4. The van der Waals surface area contributed by atoms with Gasteiger partial charge in [-0.25, -0.2) is 9.97 Å². The number of para-hydroxylation sites is 2. The second-order valence-corrected chi connectivity index (χ2v) is 9.05. The normalized spacial score (nSPS) is 11.1. The van der Waals surface area contributed by atoms with Gasteiger partial charge in [-0.2, -0.15) is 0 Å². The minimum Gasteiger partial charge on any atom is -0.441 e. The van der Waals surface area contributed by atoms with Crippen LogP contribution in [0.5, 0.6) is 0 Å². The summed E-state index contributed by atoms with van der Waals surface area (Å²) in [5, 5.41) is 1.32. The summed E-state index contributed by atoms with van der Waals surface area (Å²) in [6.07, 6.45) is 2.31. The standard InChI is InChI=1S/C26H20ClN3O2S/c1-17-6-2-4-8-21(17)30(26-29-20-7-3-5-9-23(20)33-26)25(31)15-14-24-28-16-22(32-24)18-10-12-19(27)13-11-18/h2-13,16H,14-15H2,1H3. The van der Waals surface area contributed by atoms with E-state index in [1.807, 2.05) is 67.6 Å². The molecule has 0 aliphatic rings. The van der Waals surface area contributed by atoms with E-state index in [0.717, 1.165) is 27.0 Å². The van der Waals surface area contributed by atoms with E-state index in [-0.39, 0.29) is 12.3 Å². The molecule has 0 radical (unpaired) electrons. The minimum absolute atomic E-state index is 0.0606. The fraction of sp³-hybridized carbons (Fsp3) is 0.115. The van der Waals surface area contributed by atoms with Crippen molar-refractivity contribution in [3.8, 4) is 11.3 Å². The first kappa shape index (κ1) is 21.4. The summed E-state index contributed by atoms with van der Waals surface area (Å²) < 4.78 is 6.93. The van der Waals surface area contributed by atoms with Gasteiger partial charge < -0.3 is 4.42 Å². The molecule has 0 N–H and O–H groups in total. The summed E-state index contributed by atoms with van der Waals surface area (Å²) >= 11 is 7.47. The van der Waals surface area contributed by atoms with Crippen LogP contribution in [0.1, 0.15) is 17.9 Å². The predicted octanol–water partition coefficient (Wildman–Crippen LogP) is 7.21. The molecule has 33 heavy (non-hydrogen) atoms. The van der Waals surface area contributed by atoms with Gasteiger partial charge >= 0.3 is 0 Å². The van der Waals surface area contributed by atoms with E-state index in [2.05, 4.69) is 4.98 Å². The van der Waals surface area contributed by atoms with Gasteiger partial charge in [0.25, 0.3) is 0 Å². The average molecular weight is 474 g/mol. The minimum atomic E-state index is -0.0606. The van der Waals surface area contributed by atoms with Crippen molar-refractivity contribution in [2.75, 3.05) is 4.90 Å². The van der Waals surface area contributed by atoms with Crippen LogP contribution in [0.15, 0.2) is 83.4 Å². The van der Waals surface area contributed by atoms with E-state index in [0.29, 0.717) is 28.2 Å². The van der Waals surface area contributed by atoms with Crippen molar-refractivity contribution < 1.29 is 9.21 Å². The third-order valence-corrected chi connectivity index (χ3v) is 6.59. The average Bonchev–Trinajstić information content (AvgIpc) is 3.47.